The van der Waals surface area contributed by atoms with Gasteiger partial charge in [0.1, 0.15) is 12.6 Å². The maximum atomic E-state index is 13.5. The van der Waals surface area contributed by atoms with Gasteiger partial charge >= 0.3 is 0 Å². The Bertz CT molecular complexity index is 1070. The molecule has 0 fully saturated rings. The van der Waals surface area contributed by atoms with Crippen molar-refractivity contribution in [3.05, 3.63) is 64.7 Å². The predicted octanol–water partition coefficient (Wildman–Crippen LogP) is 4.00. The number of carbonyl (C=O) groups excluding carboxylic acids is 2. The van der Waals surface area contributed by atoms with E-state index >= 15 is 0 Å². The molecule has 34 heavy (non-hydrogen) atoms. The van der Waals surface area contributed by atoms with Crippen LogP contribution in [0.5, 0.6) is 0 Å². The molecule has 2 amide bonds. The fraction of sp³-hybridized carbons (Fsp3) is 0.440. The van der Waals surface area contributed by atoms with E-state index in [2.05, 4.69) is 5.32 Å². The number of unbranched alkanes of at least 4 members (excludes halogenated alkanes) is 1. The molecule has 2 aromatic carbocycles. The number of sulfonamides is 1. The van der Waals surface area contributed by atoms with Gasteiger partial charge in [0.05, 0.1) is 11.9 Å². The number of nitrogens with zero attached hydrogens (tertiary/aromatic N) is 2. The van der Waals surface area contributed by atoms with Crippen LogP contribution < -0.4 is 9.62 Å². The topological polar surface area (TPSA) is 86.8 Å². The van der Waals surface area contributed by atoms with Gasteiger partial charge in [0.2, 0.25) is 21.8 Å². The molecule has 7 nitrogen and oxygen atoms in total. The lowest BCUT2D eigenvalue weighted by molar-refractivity contribution is -0.139. The van der Waals surface area contributed by atoms with E-state index in [9.17, 15) is 18.0 Å². The lowest BCUT2D eigenvalue weighted by Crippen LogP contribution is -2.51. The van der Waals surface area contributed by atoms with Crippen LogP contribution in [-0.4, -0.2) is 50.5 Å². The summed E-state index contributed by atoms with van der Waals surface area (Å²) < 4.78 is 26.5. The van der Waals surface area contributed by atoms with Crippen molar-refractivity contribution in [2.24, 2.45) is 0 Å². The summed E-state index contributed by atoms with van der Waals surface area (Å²) in [5, 5.41) is 3.42. The van der Waals surface area contributed by atoms with Gasteiger partial charge in [-0.1, -0.05) is 62.2 Å². The number of nitrogens with one attached hydrogen (secondary N) is 1. The third-order valence-electron chi connectivity index (χ3n) is 5.58. The molecule has 0 aliphatic rings. The van der Waals surface area contributed by atoms with Gasteiger partial charge in [-0.25, -0.2) is 8.42 Å². The number of aryl methyl sites for hydroxylation is 1. The second kappa shape index (κ2) is 12.8. The largest absolute Gasteiger partial charge is 0.354 e. The first-order chi connectivity index (χ1) is 16.1. The molecule has 0 saturated carbocycles. The molecule has 1 atom stereocenters. The normalized spacial score (nSPS) is 12.1. The summed E-state index contributed by atoms with van der Waals surface area (Å²) in [5.74, 6) is -0.750. The van der Waals surface area contributed by atoms with E-state index in [-0.39, 0.29) is 12.5 Å². The van der Waals surface area contributed by atoms with Crippen LogP contribution in [0.3, 0.4) is 0 Å². The molecule has 2 rings (SSSR count). The van der Waals surface area contributed by atoms with Crippen LogP contribution in [0.2, 0.25) is 5.02 Å². The fourth-order valence-corrected chi connectivity index (χ4v) is 4.56. The van der Waals surface area contributed by atoms with Crippen molar-refractivity contribution in [2.45, 2.75) is 52.6 Å². The Labute approximate surface area is 208 Å². The van der Waals surface area contributed by atoms with Gasteiger partial charge in [0.15, 0.2) is 0 Å². The lowest BCUT2D eigenvalue weighted by atomic mass is 10.1. The maximum absolute atomic E-state index is 13.5. The summed E-state index contributed by atoms with van der Waals surface area (Å²) in [5.41, 5.74) is 2.06. The standard InChI is InChI=1S/C25H34ClN3O4S/c1-5-7-16-27-25(31)19(3)28(17-20-12-14-22(26)15-13-20)24(30)18-29(34(4,32)33)23-11-9-8-10-21(23)6-2/h8-15,19H,5-7,16-18H2,1-4H3,(H,27,31)/t19-/m0/s1. The summed E-state index contributed by atoms with van der Waals surface area (Å²) >= 11 is 5.99. The molecule has 9 heteroatoms. The molecule has 0 bridgehead atoms. The number of anilines is 1. The van der Waals surface area contributed by atoms with Crippen molar-refractivity contribution in [1.29, 1.82) is 0 Å². The summed E-state index contributed by atoms with van der Waals surface area (Å²) in [6.45, 7) is 5.86. The Morgan fingerprint density at radius 2 is 1.71 bits per heavy atom. The van der Waals surface area contributed by atoms with E-state index in [0.717, 1.165) is 34.5 Å². The minimum atomic E-state index is -3.75. The zero-order valence-corrected chi connectivity index (χ0v) is 21.8. The number of hydrogen-bond donors (Lipinski definition) is 1. The average molecular weight is 508 g/mol. The van der Waals surface area contributed by atoms with E-state index < -0.39 is 28.5 Å². The number of carbonyl (C=O) groups is 2. The second-order valence-electron chi connectivity index (χ2n) is 8.22. The first kappa shape index (κ1) is 27.7. The van der Waals surface area contributed by atoms with Crippen molar-refractivity contribution in [3.8, 4) is 0 Å². The third-order valence-corrected chi connectivity index (χ3v) is 6.96. The molecule has 1 N–H and O–H groups in total. The van der Waals surface area contributed by atoms with E-state index in [1.807, 2.05) is 26.0 Å². The maximum Gasteiger partial charge on any atom is 0.244 e. The van der Waals surface area contributed by atoms with Crippen LogP contribution >= 0.6 is 11.6 Å². The van der Waals surface area contributed by atoms with E-state index in [1.54, 1.807) is 43.3 Å². The number of amides is 2. The Morgan fingerprint density at radius 3 is 2.29 bits per heavy atom. The highest BCUT2D eigenvalue weighted by molar-refractivity contribution is 7.92. The van der Waals surface area contributed by atoms with Crippen LogP contribution in [0.1, 0.15) is 44.7 Å². The van der Waals surface area contributed by atoms with Gasteiger partial charge in [-0.3, -0.25) is 13.9 Å². The molecule has 0 unspecified atom stereocenters. The van der Waals surface area contributed by atoms with Crippen LogP contribution in [-0.2, 0) is 32.6 Å². The van der Waals surface area contributed by atoms with Gasteiger partial charge in [-0.05, 0) is 49.1 Å². The quantitative estimate of drug-likeness (QED) is 0.440. The zero-order valence-electron chi connectivity index (χ0n) is 20.3. The van der Waals surface area contributed by atoms with Gasteiger partial charge in [0.25, 0.3) is 0 Å². The van der Waals surface area contributed by atoms with Gasteiger partial charge < -0.3 is 10.2 Å². The zero-order chi connectivity index (χ0) is 25.3. The highest BCUT2D eigenvalue weighted by Crippen LogP contribution is 2.24. The molecule has 0 aliphatic heterocycles. The number of hydrogen-bond acceptors (Lipinski definition) is 4. The van der Waals surface area contributed by atoms with Gasteiger partial charge in [-0.2, -0.15) is 0 Å². The predicted molar refractivity (Wildman–Crippen MR) is 137 cm³/mol. The molecule has 0 aliphatic carbocycles. The van der Waals surface area contributed by atoms with Crippen molar-refractivity contribution < 1.29 is 18.0 Å². The number of para-hydroxylation sites is 1. The van der Waals surface area contributed by atoms with Gasteiger partial charge in [-0.15, -0.1) is 0 Å². The molecule has 0 heterocycles. The van der Waals surface area contributed by atoms with Crippen LogP contribution in [0, 0.1) is 0 Å². The molecular formula is C25H34ClN3O4S. The Hall–Kier alpha value is -2.58. The first-order valence-electron chi connectivity index (χ1n) is 11.5. The third kappa shape index (κ3) is 7.74. The first-order valence-corrected chi connectivity index (χ1v) is 13.7. The van der Waals surface area contributed by atoms with E-state index in [4.69, 9.17) is 11.6 Å². The van der Waals surface area contributed by atoms with Crippen molar-refractivity contribution in [3.63, 3.8) is 0 Å². The molecule has 0 saturated heterocycles. The summed E-state index contributed by atoms with van der Waals surface area (Å²) in [6, 6.07) is 13.3. The molecule has 2 aromatic rings. The highest BCUT2D eigenvalue weighted by atomic mass is 35.5. The Kier molecular flexibility index (Phi) is 10.4. The van der Waals surface area contributed by atoms with Crippen molar-refractivity contribution >= 4 is 39.1 Å². The molecule has 186 valence electrons. The van der Waals surface area contributed by atoms with Gasteiger partial charge in [0, 0.05) is 18.1 Å². The Balaban J connectivity index is 2.37. The molecule has 0 aromatic heterocycles. The number of benzene rings is 2. The van der Waals surface area contributed by atoms with Crippen LogP contribution in [0.25, 0.3) is 0 Å². The highest BCUT2D eigenvalue weighted by Gasteiger charge is 2.30. The molecule has 0 spiro atoms. The van der Waals surface area contributed by atoms with Crippen molar-refractivity contribution in [1.82, 2.24) is 10.2 Å². The summed E-state index contributed by atoms with van der Waals surface area (Å²) in [7, 11) is -3.75. The number of halogens is 1. The average Bonchev–Trinajstić information content (AvgIpc) is 2.81. The molecule has 0 radical (unpaired) electrons. The molecular weight excluding hydrogens is 474 g/mol. The van der Waals surface area contributed by atoms with Crippen LogP contribution in [0.4, 0.5) is 5.69 Å². The smallest absolute Gasteiger partial charge is 0.244 e. The summed E-state index contributed by atoms with van der Waals surface area (Å²) in [4.78, 5) is 27.8. The fourth-order valence-electron chi connectivity index (χ4n) is 3.55. The Morgan fingerprint density at radius 1 is 1.06 bits per heavy atom. The SMILES string of the molecule is CCCCNC(=O)[C@H](C)N(Cc1ccc(Cl)cc1)C(=O)CN(c1ccccc1CC)S(C)(=O)=O. The van der Waals surface area contributed by atoms with Crippen LogP contribution in [0.15, 0.2) is 48.5 Å². The van der Waals surface area contributed by atoms with E-state index in [0.29, 0.717) is 23.7 Å². The number of rotatable bonds is 12. The van der Waals surface area contributed by atoms with Crippen molar-refractivity contribution in [2.75, 3.05) is 23.7 Å². The monoisotopic (exact) mass is 507 g/mol. The van der Waals surface area contributed by atoms with E-state index in [1.165, 1.54) is 4.90 Å². The summed E-state index contributed by atoms with van der Waals surface area (Å²) in [6.07, 6.45) is 3.46. The lowest BCUT2D eigenvalue weighted by Gasteiger charge is -2.32. The minimum absolute atomic E-state index is 0.144. The second-order valence-corrected chi connectivity index (χ2v) is 10.6. The minimum Gasteiger partial charge on any atom is -0.354 e.